The molecule has 0 aromatic heterocycles. The van der Waals surface area contributed by atoms with Crippen LogP contribution < -0.4 is 9.47 Å². The van der Waals surface area contributed by atoms with Crippen LogP contribution in [-0.2, 0) is 11.8 Å². The lowest BCUT2D eigenvalue weighted by atomic mass is 10.0. The molecule has 0 aliphatic heterocycles. The van der Waals surface area contributed by atoms with Gasteiger partial charge in [0.2, 0.25) is 0 Å². The number of halogens is 3. The van der Waals surface area contributed by atoms with Crippen LogP contribution in [0.15, 0.2) is 12.1 Å². The molecule has 0 unspecified atom stereocenters. The Morgan fingerprint density at radius 1 is 1.11 bits per heavy atom. The smallest absolute Gasteiger partial charge is 0.416 e. The summed E-state index contributed by atoms with van der Waals surface area (Å²) in [7, 11) is 2.54. The minimum Gasteiger partial charge on any atom is -0.496 e. The van der Waals surface area contributed by atoms with Gasteiger partial charge in [0.15, 0.2) is 0 Å². The standard InChI is InChI=1S/C12H13F3O3/c1-17-8-5-7(12(13,14)15)6-9(18-2)10(8)11(16)3-4-11/h5-6,16H,3-4H2,1-2H3. The van der Waals surface area contributed by atoms with Crippen molar-refractivity contribution in [1.29, 1.82) is 0 Å². The molecule has 18 heavy (non-hydrogen) atoms. The lowest BCUT2D eigenvalue weighted by Crippen LogP contribution is -2.12. The van der Waals surface area contributed by atoms with E-state index in [0.29, 0.717) is 18.4 Å². The highest BCUT2D eigenvalue weighted by Gasteiger charge is 2.47. The van der Waals surface area contributed by atoms with Crippen molar-refractivity contribution in [1.82, 2.24) is 0 Å². The maximum absolute atomic E-state index is 12.7. The first-order valence-electron chi connectivity index (χ1n) is 5.38. The number of rotatable bonds is 3. The molecule has 1 aromatic rings. The third kappa shape index (κ3) is 2.12. The summed E-state index contributed by atoms with van der Waals surface area (Å²) in [6.45, 7) is 0. The Hall–Kier alpha value is -1.43. The molecule has 1 aliphatic carbocycles. The number of benzene rings is 1. The van der Waals surface area contributed by atoms with Gasteiger partial charge in [0.1, 0.15) is 11.5 Å². The Balaban J connectivity index is 2.60. The molecule has 1 aromatic carbocycles. The van der Waals surface area contributed by atoms with Crippen LogP contribution in [-0.4, -0.2) is 19.3 Å². The predicted octanol–water partition coefficient (Wildman–Crippen LogP) is 2.70. The summed E-state index contributed by atoms with van der Waals surface area (Å²) in [4.78, 5) is 0. The molecule has 6 heteroatoms. The maximum atomic E-state index is 12.7. The summed E-state index contributed by atoms with van der Waals surface area (Å²) in [5.74, 6) is 0.00310. The molecule has 1 fully saturated rings. The summed E-state index contributed by atoms with van der Waals surface area (Å²) in [5, 5.41) is 10.1. The molecular weight excluding hydrogens is 249 g/mol. The molecular formula is C12H13F3O3. The van der Waals surface area contributed by atoms with E-state index in [1.54, 1.807) is 0 Å². The average molecular weight is 262 g/mol. The van der Waals surface area contributed by atoms with Gasteiger partial charge in [-0.05, 0) is 25.0 Å². The quantitative estimate of drug-likeness (QED) is 0.910. The van der Waals surface area contributed by atoms with Gasteiger partial charge in [0.25, 0.3) is 0 Å². The number of aliphatic hydroxyl groups is 1. The second-order valence-electron chi connectivity index (χ2n) is 4.29. The molecule has 0 spiro atoms. The first kappa shape index (κ1) is 13.0. The number of hydrogen-bond acceptors (Lipinski definition) is 3. The van der Waals surface area contributed by atoms with E-state index in [1.165, 1.54) is 14.2 Å². The molecule has 100 valence electrons. The van der Waals surface area contributed by atoms with E-state index in [4.69, 9.17) is 9.47 Å². The van der Waals surface area contributed by atoms with Gasteiger partial charge >= 0.3 is 6.18 Å². The molecule has 3 nitrogen and oxygen atoms in total. The van der Waals surface area contributed by atoms with E-state index in [2.05, 4.69) is 0 Å². The largest absolute Gasteiger partial charge is 0.496 e. The summed E-state index contributed by atoms with van der Waals surface area (Å²) >= 11 is 0. The average Bonchev–Trinajstić information content (AvgIpc) is 3.05. The SMILES string of the molecule is COc1cc(C(F)(F)F)cc(OC)c1C1(O)CC1. The fourth-order valence-corrected chi connectivity index (χ4v) is 1.90. The molecule has 0 heterocycles. The number of methoxy groups -OCH3 is 2. The van der Waals surface area contributed by atoms with Crippen LogP contribution in [0.25, 0.3) is 0 Å². The number of alkyl halides is 3. The van der Waals surface area contributed by atoms with Gasteiger partial charge < -0.3 is 14.6 Å². The van der Waals surface area contributed by atoms with Crippen molar-refractivity contribution in [3.63, 3.8) is 0 Å². The molecule has 0 saturated heterocycles. The molecule has 0 atom stereocenters. The van der Waals surface area contributed by atoms with Gasteiger partial charge in [-0.3, -0.25) is 0 Å². The van der Waals surface area contributed by atoms with Crippen molar-refractivity contribution >= 4 is 0 Å². The van der Waals surface area contributed by atoms with Gasteiger partial charge in [-0.1, -0.05) is 0 Å². The maximum Gasteiger partial charge on any atom is 0.416 e. The highest BCUT2D eigenvalue weighted by Crippen LogP contribution is 2.53. The molecule has 0 amide bonds. The Kier molecular flexibility index (Phi) is 2.93. The van der Waals surface area contributed by atoms with Crippen molar-refractivity contribution in [2.75, 3.05) is 14.2 Å². The van der Waals surface area contributed by atoms with Crippen LogP contribution in [0, 0.1) is 0 Å². The minimum atomic E-state index is -4.48. The molecule has 1 aliphatic rings. The van der Waals surface area contributed by atoms with Crippen molar-refractivity contribution in [2.24, 2.45) is 0 Å². The van der Waals surface area contributed by atoms with Crippen LogP contribution in [0.1, 0.15) is 24.0 Å². The highest BCUT2D eigenvalue weighted by atomic mass is 19.4. The van der Waals surface area contributed by atoms with Crippen molar-refractivity contribution in [3.05, 3.63) is 23.3 Å². The van der Waals surface area contributed by atoms with E-state index in [9.17, 15) is 18.3 Å². The zero-order chi connectivity index (χ0) is 13.6. The third-order valence-corrected chi connectivity index (χ3v) is 3.02. The topological polar surface area (TPSA) is 38.7 Å². The van der Waals surface area contributed by atoms with Crippen molar-refractivity contribution in [3.8, 4) is 11.5 Å². The zero-order valence-corrected chi connectivity index (χ0v) is 9.97. The van der Waals surface area contributed by atoms with Gasteiger partial charge in [0, 0.05) is 0 Å². The predicted molar refractivity (Wildman–Crippen MR) is 57.7 cm³/mol. The lowest BCUT2D eigenvalue weighted by molar-refractivity contribution is -0.137. The van der Waals surface area contributed by atoms with Crippen LogP contribution in [0.5, 0.6) is 11.5 Å². The fraction of sp³-hybridized carbons (Fsp3) is 0.500. The van der Waals surface area contributed by atoms with E-state index in [1.807, 2.05) is 0 Å². The Morgan fingerprint density at radius 2 is 1.56 bits per heavy atom. The van der Waals surface area contributed by atoms with E-state index >= 15 is 0 Å². The second-order valence-corrected chi connectivity index (χ2v) is 4.29. The Morgan fingerprint density at radius 3 is 1.83 bits per heavy atom. The highest BCUT2D eigenvalue weighted by molar-refractivity contribution is 5.53. The van der Waals surface area contributed by atoms with Crippen molar-refractivity contribution in [2.45, 2.75) is 24.6 Å². The zero-order valence-electron chi connectivity index (χ0n) is 9.97. The molecule has 1 N–H and O–H groups in total. The van der Waals surface area contributed by atoms with E-state index in [0.717, 1.165) is 12.1 Å². The summed E-state index contributed by atoms with van der Waals surface area (Å²) < 4.78 is 48.0. The van der Waals surface area contributed by atoms with Gasteiger partial charge in [-0.15, -0.1) is 0 Å². The second kappa shape index (κ2) is 4.05. The van der Waals surface area contributed by atoms with Crippen LogP contribution in [0.3, 0.4) is 0 Å². The fourth-order valence-electron chi connectivity index (χ4n) is 1.90. The summed E-state index contributed by atoms with van der Waals surface area (Å²) in [5.41, 5.74) is -1.69. The first-order chi connectivity index (χ1) is 8.31. The Labute approximate surface area is 102 Å². The number of hydrogen-bond donors (Lipinski definition) is 1. The van der Waals surface area contributed by atoms with Gasteiger partial charge in [-0.2, -0.15) is 13.2 Å². The molecule has 0 bridgehead atoms. The van der Waals surface area contributed by atoms with E-state index < -0.39 is 17.3 Å². The first-order valence-corrected chi connectivity index (χ1v) is 5.38. The molecule has 1 saturated carbocycles. The van der Waals surface area contributed by atoms with Crippen molar-refractivity contribution < 1.29 is 27.8 Å². The van der Waals surface area contributed by atoms with Gasteiger partial charge in [-0.25, -0.2) is 0 Å². The summed E-state index contributed by atoms with van der Waals surface area (Å²) in [6.07, 6.45) is -3.50. The molecule has 2 rings (SSSR count). The van der Waals surface area contributed by atoms with Crippen LogP contribution in [0.2, 0.25) is 0 Å². The normalized spacial score (nSPS) is 17.4. The van der Waals surface area contributed by atoms with Crippen LogP contribution >= 0.6 is 0 Å². The van der Waals surface area contributed by atoms with Gasteiger partial charge in [0.05, 0.1) is 30.9 Å². The Bertz CT molecular complexity index is 439. The molecule has 0 radical (unpaired) electrons. The number of ether oxygens (including phenoxy) is 2. The van der Waals surface area contributed by atoms with Crippen LogP contribution in [0.4, 0.5) is 13.2 Å². The minimum absolute atomic E-state index is 0.00155. The monoisotopic (exact) mass is 262 g/mol. The van der Waals surface area contributed by atoms with E-state index in [-0.39, 0.29) is 11.5 Å². The third-order valence-electron chi connectivity index (χ3n) is 3.02. The summed E-state index contributed by atoms with van der Waals surface area (Å²) in [6, 6.07) is 1.77. The lowest BCUT2D eigenvalue weighted by Gasteiger charge is -2.19.